The van der Waals surface area contributed by atoms with Crippen LogP contribution in [-0.4, -0.2) is 31.1 Å². The van der Waals surface area contributed by atoms with E-state index in [1.807, 2.05) is 0 Å². The van der Waals surface area contributed by atoms with Gasteiger partial charge in [0.1, 0.15) is 17.3 Å². The molecule has 2 rings (SSSR count). The third-order valence-electron chi connectivity index (χ3n) is 2.63. The lowest BCUT2D eigenvalue weighted by atomic mass is 10.1. The molecule has 0 spiro atoms. The van der Waals surface area contributed by atoms with Crippen LogP contribution in [0.3, 0.4) is 0 Å². The molecule has 20 heavy (non-hydrogen) atoms. The zero-order valence-corrected chi connectivity index (χ0v) is 10.6. The number of carbonyl (C=O) groups is 2. The van der Waals surface area contributed by atoms with Crippen molar-refractivity contribution in [3.05, 3.63) is 41.1 Å². The monoisotopic (exact) mass is 281 g/mol. The number of nitrogens with zero attached hydrogens (tertiary/aromatic N) is 1. The quantitative estimate of drug-likeness (QED) is 0.788. The molecule has 104 valence electrons. The van der Waals surface area contributed by atoms with E-state index in [0.717, 1.165) is 26.4 Å². The Hall–Kier alpha value is -2.57. The summed E-state index contributed by atoms with van der Waals surface area (Å²) in [4.78, 5) is 26.9. The average molecular weight is 281 g/mol. The van der Waals surface area contributed by atoms with Gasteiger partial charge < -0.3 is 9.47 Å². The molecule has 0 fully saturated rings. The minimum atomic E-state index is -0.968. The van der Waals surface area contributed by atoms with Crippen molar-refractivity contribution in [2.24, 2.45) is 0 Å². The Balaban J connectivity index is 2.85. The van der Waals surface area contributed by atoms with Crippen molar-refractivity contribution in [3.63, 3.8) is 0 Å². The Bertz CT molecular complexity index is 715. The van der Waals surface area contributed by atoms with Crippen molar-refractivity contribution >= 4 is 22.8 Å². The van der Waals surface area contributed by atoms with Crippen LogP contribution in [0.2, 0.25) is 0 Å². The van der Waals surface area contributed by atoms with Gasteiger partial charge in [0.25, 0.3) is 0 Å². The van der Waals surface area contributed by atoms with Crippen LogP contribution >= 0.6 is 0 Å². The Morgan fingerprint density at radius 2 is 1.70 bits per heavy atom. The van der Waals surface area contributed by atoms with Crippen LogP contribution in [0.15, 0.2) is 18.2 Å². The minimum Gasteiger partial charge on any atom is -0.465 e. The van der Waals surface area contributed by atoms with E-state index in [4.69, 9.17) is 0 Å². The molecule has 5 nitrogen and oxygen atoms in total. The van der Waals surface area contributed by atoms with Gasteiger partial charge in [-0.3, -0.25) is 0 Å². The van der Waals surface area contributed by atoms with Crippen molar-refractivity contribution in [2.45, 2.75) is 0 Å². The highest BCUT2D eigenvalue weighted by molar-refractivity contribution is 6.06. The van der Waals surface area contributed by atoms with Crippen LogP contribution in [0.25, 0.3) is 10.9 Å². The van der Waals surface area contributed by atoms with Crippen LogP contribution in [-0.2, 0) is 9.47 Å². The standard InChI is InChI=1S/C13H9F2NO4/c1-19-12(17)7-5-10(13(18)20-2)16-9-4-6(14)3-8(15)11(7)9/h3-5H,1-2H3. The highest BCUT2D eigenvalue weighted by atomic mass is 19.1. The Morgan fingerprint density at radius 1 is 1.05 bits per heavy atom. The summed E-state index contributed by atoms with van der Waals surface area (Å²) in [5.41, 5.74) is -0.647. The normalized spacial score (nSPS) is 10.4. The number of hydrogen-bond donors (Lipinski definition) is 0. The van der Waals surface area contributed by atoms with E-state index in [1.54, 1.807) is 0 Å². The van der Waals surface area contributed by atoms with Crippen molar-refractivity contribution < 1.29 is 27.8 Å². The van der Waals surface area contributed by atoms with Crippen LogP contribution in [0, 0.1) is 11.6 Å². The predicted octanol–water partition coefficient (Wildman–Crippen LogP) is 2.09. The smallest absolute Gasteiger partial charge is 0.356 e. The van der Waals surface area contributed by atoms with Gasteiger partial charge in [0.2, 0.25) is 0 Å². The van der Waals surface area contributed by atoms with Gasteiger partial charge >= 0.3 is 11.9 Å². The molecule has 1 aromatic carbocycles. The van der Waals surface area contributed by atoms with Gasteiger partial charge in [-0.05, 0) is 6.07 Å². The Labute approximate surface area is 112 Å². The summed E-state index contributed by atoms with van der Waals surface area (Å²) in [5.74, 6) is -3.54. The molecule has 7 heteroatoms. The molecule has 0 bridgehead atoms. The highest BCUT2D eigenvalue weighted by Gasteiger charge is 2.20. The number of benzene rings is 1. The van der Waals surface area contributed by atoms with Crippen LogP contribution < -0.4 is 0 Å². The molecule has 0 aliphatic rings. The second-order valence-corrected chi connectivity index (χ2v) is 3.82. The molecule has 0 amide bonds. The molecule has 0 N–H and O–H groups in total. The van der Waals surface area contributed by atoms with E-state index in [2.05, 4.69) is 14.5 Å². The van der Waals surface area contributed by atoms with Gasteiger partial charge in [0.05, 0.1) is 30.7 Å². The van der Waals surface area contributed by atoms with Crippen molar-refractivity contribution in [3.8, 4) is 0 Å². The first kappa shape index (κ1) is 13.9. The van der Waals surface area contributed by atoms with Crippen LogP contribution in [0.5, 0.6) is 0 Å². The average Bonchev–Trinajstić information content (AvgIpc) is 2.43. The third kappa shape index (κ3) is 2.29. The van der Waals surface area contributed by atoms with E-state index in [0.29, 0.717) is 6.07 Å². The van der Waals surface area contributed by atoms with E-state index in [9.17, 15) is 18.4 Å². The molecule has 1 heterocycles. The number of rotatable bonds is 2. The maximum absolute atomic E-state index is 13.8. The van der Waals surface area contributed by atoms with Crippen molar-refractivity contribution in [2.75, 3.05) is 14.2 Å². The molecule has 0 saturated heterocycles. The molecular formula is C13H9F2NO4. The maximum atomic E-state index is 13.8. The maximum Gasteiger partial charge on any atom is 0.356 e. The highest BCUT2D eigenvalue weighted by Crippen LogP contribution is 2.24. The lowest BCUT2D eigenvalue weighted by molar-refractivity contribution is 0.0594. The molecule has 2 aromatic rings. The largest absolute Gasteiger partial charge is 0.465 e. The second-order valence-electron chi connectivity index (χ2n) is 3.82. The lowest BCUT2D eigenvalue weighted by Crippen LogP contribution is -2.10. The SMILES string of the molecule is COC(=O)c1cc(C(=O)OC)c2c(F)cc(F)cc2n1. The molecule has 0 aliphatic carbocycles. The summed E-state index contributed by atoms with van der Waals surface area (Å²) < 4.78 is 36.0. The first-order valence-electron chi connectivity index (χ1n) is 5.44. The molecule has 0 saturated carbocycles. The zero-order chi connectivity index (χ0) is 14.9. The van der Waals surface area contributed by atoms with Gasteiger partial charge in [-0.1, -0.05) is 0 Å². The number of pyridine rings is 1. The third-order valence-corrected chi connectivity index (χ3v) is 2.63. The fourth-order valence-electron chi connectivity index (χ4n) is 1.77. The summed E-state index contributed by atoms with van der Waals surface area (Å²) in [6.45, 7) is 0. The number of methoxy groups -OCH3 is 2. The summed E-state index contributed by atoms with van der Waals surface area (Å²) in [7, 11) is 2.23. The number of aromatic nitrogens is 1. The molecule has 0 unspecified atom stereocenters. The zero-order valence-electron chi connectivity index (χ0n) is 10.6. The Kier molecular flexibility index (Phi) is 3.60. The molecular weight excluding hydrogens is 272 g/mol. The fourth-order valence-corrected chi connectivity index (χ4v) is 1.77. The molecule has 0 radical (unpaired) electrons. The number of hydrogen-bond acceptors (Lipinski definition) is 5. The molecule has 0 aliphatic heterocycles. The number of halogens is 2. The van der Waals surface area contributed by atoms with E-state index in [1.165, 1.54) is 0 Å². The van der Waals surface area contributed by atoms with E-state index in [-0.39, 0.29) is 22.2 Å². The summed E-state index contributed by atoms with van der Waals surface area (Å²) in [6, 6.07) is 2.58. The number of esters is 2. The number of fused-ring (bicyclic) bond motifs is 1. The summed E-state index contributed by atoms with van der Waals surface area (Å²) in [6.07, 6.45) is 0. The summed E-state index contributed by atoms with van der Waals surface area (Å²) >= 11 is 0. The van der Waals surface area contributed by atoms with E-state index >= 15 is 0 Å². The first-order chi connectivity index (χ1) is 9.47. The van der Waals surface area contributed by atoms with Gasteiger partial charge in [0, 0.05) is 12.1 Å². The van der Waals surface area contributed by atoms with Gasteiger partial charge in [-0.2, -0.15) is 0 Å². The van der Waals surface area contributed by atoms with E-state index < -0.39 is 23.6 Å². The van der Waals surface area contributed by atoms with Gasteiger partial charge in [0.15, 0.2) is 0 Å². The number of ether oxygens (including phenoxy) is 2. The predicted molar refractivity (Wildman–Crippen MR) is 64.3 cm³/mol. The minimum absolute atomic E-state index is 0.175. The number of carbonyl (C=O) groups excluding carboxylic acids is 2. The fraction of sp³-hybridized carbons (Fsp3) is 0.154. The summed E-state index contributed by atoms with van der Waals surface area (Å²) in [5, 5.41) is -0.217. The topological polar surface area (TPSA) is 65.5 Å². The second kappa shape index (κ2) is 5.20. The van der Waals surface area contributed by atoms with Crippen LogP contribution in [0.4, 0.5) is 8.78 Å². The van der Waals surface area contributed by atoms with Gasteiger partial charge in [-0.15, -0.1) is 0 Å². The van der Waals surface area contributed by atoms with Crippen molar-refractivity contribution in [1.82, 2.24) is 4.98 Å². The van der Waals surface area contributed by atoms with Crippen LogP contribution in [0.1, 0.15) is 20.8 Å². The lowest BCUT2D eigenvalue weighted by Gasteiger charge is -2.08. The molecule has 0 atom stereocenters. The first-order valence-corrected chi connectivity index (χ1v) is 5.44. The molecule has 1 aromatic heterocycles. The van der Waals surface area contributed by atoms with Gasteiger partial charge in [-0.25, -0.2) is 23.4 Å². The van der Waals surface area contributed by atoms with Crippen molar-refractivity contribution in [1.29, 1.82) is 0 Å². The Morgan fingerprint density at radius 3 is 2.30 bits per heavy atom.